The molecule has 1 N–H and O–H groups in total. The number of nitrogens with one attached hydrogen (secondary N) is 1. The predicted molar refractivity (Wildman–Crippen MR) is 160 cm³/mol. The Bertz CT molecular complexity index is 1440. The van der Waals surface area contributed by atoms with Gasteiger partial charge in [-0.05, 0) is 93.9 Å². The number of methoxy groups -OCH3 is 2. The Morgan fingerprint density at radius 1 is 0.878 bits per heavy atom. The highest BCUT2D eigenvalue weighted by atomic mass is 35.5. The third kappa shape index (κ3) is 8.37. The zero-order valence-electron chi connectivity index (χ0n) is 24.0. The van der Waals surface area contributed by atoms with Gasteiger partial charge in [-0.2, -0.15) is 0 Å². The van der Waals surface area contributed by atoms with E-state index in [1.54, 1.807) is 50.4 Å². The van der Waals surface area contributed by atoms with Crippen LogP contribution in [0.3, 0.4) is 0 Å². The number of hydrogen-bond donors (Lipinski definition) is 1. The summed E-state index contributed by atoms with van der Waals surface area (Å²) in [6, 6.07) is 18.2. The predicted octanol–water partition coefficient (Wildman–Crippen LogP) is 4.88. The van der Waals surface area contributed by atoms with Gasteiger partial charge in [-0.25, -0.2) is 8.42 Å². The minimum atomic E-state index is -4.21. The second-order valence-electron chi connectivity index (χ2n) is 10.4. The molecule has 11 heteroatoms. The van der Waals surface area contributed by atoms with Gasteiger partial charge in [-0.15, -0.1) is 0 Å². The van der Waals surface area contributed by atoms with Gasteiger partial charge in [0, 0.05) is 17.1 Å². The van der Waals surface area contributed by atoms with Gasteiger partial charge in [0.15, 0.2) is 0 Å². The fourth-order valence-corrected chi connectivity index (χ4v) is 5.54. The smallest absolute Gasteiger partial charge is 0.264 e. The summed E-state index contributed by atoms with van der Waals surface area (Å²) in [4.78, 5) is 28.5. The zero-order valence-corrected chi connectivity index (χ0v) is 25.6. The standard InChI is InChI=1S/C30H36ClN3O6S/c1-21(29(36)32-30(2,3)4)33(19-22-7-13-25(39-5)14-8-22)28(35)20-34(24-11-9-23(31)10-12-24)41(37,38)27-17-15-26(40-6)16-18-27/h7-18,21H,19-20H2,1-6H3,(H,32,36)/t21-/m1/s1. The van der Waals surface area contributed by atoms with Crippen LogP contribution < -0.4 is 19.1 Å². The van der Waals surface area contributed by atoms with Crippen LogP contribution in [0.5, 0.6) is 11.5 Å². The van der Waals surface area contributed by atoms with E-state index in [2.05, 4.69) is 5.32 Å². The van der Waals surface area contributed by atoms with E-state index in [-0.39, 0.29) is 23.0 Å². The number of halogens is 1. The van der Waals surface area contributed by atoms with Gasteiger partial charge in [0.2, 0.25) is 11.8 Å². The molecule has 3 rings (SSSR count). The Balaban J connectivity index is 2.02. The van der Waals surface area contributed by atoms with Crippen LogP contribution in [-0.4, -0.2) is 57.5 Å². The van der Waals surface area contributed by atoms with E-state index in [0.29, 0.717) is 16.5 Å². The van der Waals surface area contributed by atoms with Gasteiger partial charge in [0.1, 0.15) is 24.1 Å². The minimum absolute atomic E-state index is 0.0266. The molecule has 0 saturated carbocycles. The van der Waals surface area contributed by atoms with Crippen LogP contribution in [0.2, 0.25) is 5.02 Å². The summed E-state index contributed by atoms with van der Waals surface area (Å²) >= 11 is 6.07. The molecule has 3 aromatic carbocycles. The lowest BCUT2D eigenvalue weighted by molar-refractivity contribution is -0.140. The van der Waals surface area contributed by atoms with E-state index >= 15 is 0 Å². The molecule has 1 atom stereocenters. The van der Waals surface area contributed by atoms with Crippen molar-refractivity contribution in [2.75, 3.05) is 25.1 Å². The van der Waals surface area contributed by atoms with Crippen molar-refractivity contribution in [1.82, 2.24) is 10.2 Å². The number of amides is 2. The molecule has 0 aliphatic rings. The van der Waals surface area contributed by atoms with Crippen LogP contribution in [0.4, 0.5) is 5.69 Å². The number of carbonyl (C=O) groups is 2. The van der Waals surface area contributed by atoms with Crippen LogP contribution in [0.15, 0.2) is 77.7 Å². The van der Waals surface area contributed by atoms with E-state index in [1.807, 2.05) is 20.8 Å². The van der Waals surface area contributed by atoms with Crippen molar-refractivity contribution < 1.29 is 27.5 Å². The highest BCUT2D eigenvalue weighted by Gasteiger charge is 2.33. The largest absolute Gasteiger partial charge is 0.497 e. The molecule has 3 aromatic rings. The van der Waals surface area contributed by atoms with Crippen molar-refractivity contribution in [1.29, 1.82) is 0 Å². The van der Waals surface area contributed by atoms with E-state index in [4.69, 9.17) is 21.1 Å². The number of benzene rings is 3. The minimum Gasteiger partial charge on any atom is -0.497 e. The van der Waals surface area contributed by atoms with Gasteiger partial charge in [0.25, 0.3) is 10.0 Å². The Morgan fingerprint density at radius 2 is 1.39 bits per heavy atom. The summed E-state index contributed by atoms with van der Waals surface area (Å²) in [5.41, 5.74) is 0.452. The Kier molecular flexibility index (Phi) is 10.3. The summed E-state index contributed by atoms with van der Waals surface area (Å²) in [5, 5.41) is 3.32. The first-order valence-electron chi connectivity index (χ1n) is 12.9. The molecule has 9 nitrogen and oxygen atoms in total. The highest BCUT2D eigenvalue weighted by Crippen LogP contribution is 2.27. The van der Waals surface area contributed by atoms with Crippen molar-refractivity contribution in [3.05, 3.63) is 83.4 Å². The molecule has 220 valence electrons. The molecule has 0 bridgehead atoms. The van der Waals surface area contributed by atoms with Gasteiger partial charge < -0.3 is 19.7 Å². The third-order valence-electron chi connectivity index (χ3n) is 6.22. The van der Waals surface area contributed by atoms with Gasteiger partial charge in [0.05, 0.1) is 24.8 Å². The number of ether oxygens (including phenoxy) is 2. The summed E-state index contributed by atoms with van der Waals surface area (Å²) in [6.45, 7) is 6.66. The van der Waals surface area contributed by atoms with Crippen LogP contribution >= 0.6 is 11.6 Å². The van der Waals surface area contributed by atoms with E-state index in [1.165, 1.54) is 48.4 Å². The molecule has 0 aliphatic carbocycles. The van der Waals surface area contributed by atoms with Crippen molar-refractivity contribution >= 4 is 39.1 Å². The molecular formula is C30H36ClN3O6S. The van der Waals surface area contributed by atoms with Crippen LogP contribution in [0.1, 0.15) is 33.3 Å². The SMILES string of the molecule is COc1ccc(CN(C(=O)CN(c2ccc(Cl)cc2)S(=O)(=O)c2ccc(OC)cc2)[C@H](C)C(=O)NC(C)(C)C)cc1. The summed E-state index contributed by atoms with van der Waals surface area (Å²) < 4.78 is 39.2. The first-order chi connectivity index (χ1) is 19.2. The first kappa shape index (κ1) is 31.8. The summed E-state index contributed by atoms with van der Waals surface area (Å²) in [6.07, 6.45) is 0. The maximum atomic E-state index is 14.0. The second-order valence-corrected chi connectivity index (χ2v) is 12.7. The summed E-state index contributed by atoms with van der Waals surface area (Å²) in [7, 11) is -1.17. The molecule has 0 unspecified atom stereocenters. The van der Waals surface area contributed by atoms with Crippen LogP contribution in [-0.2, 0) is 26.2 Å². The number of nitrogens with zero attached hydrogens (tertiary/aromatic N) is 2. The number of anilines is 1. The second kappa shape index (κ2) is 13.3. The fourth-order valence-electron chi connectivity index (χ4n) is 4.00. The van der Waals surface area contributed by atoms with Gasteiger partial charge in [-0.1, -0.05) is 23.7 Å². The molecule has 0 aromatic heterocycles. The monoisotopic (exact) mass is 601 g/mol. The normalized spacial score (nSPS) is 12.3. The lowest BCUT2D eigenvalue weighted by Crippen LogP contribution is -2.54. The number of rotatable bonds is 11. The maximum Gasteiger partial charge on any atom is 0.264 e. The lowest BCUT2D eigenvalue weighted by Gasteiger charge is -2.33. The van der Waals surface area contributed by atoms with Gasteiger partial charge >= 0.3 is 0 Å². The number of carbonyl (C=O) groups excluding carboxylic acids is 2. The average molecular weight is 602 g/mol. The average Bonchev–Trinajstić information content (AvgIpc) is 2.94. The first-order valence-corrected chi connectivity index (χ1v) is 14.7. The Labute approximate surface area is 247 Å². The lowest BCUT2D eigenvalue weighted by atomic mass is 10.1. The molecular weight excluding hydrogens is 566 g/mol. The van der Waals surface area contributed by atoms with E-state index in [0.717, 1.165) is 9.87 Å². The quantitative estimate of drug-likeness (QED) is 0.336. The molecule has 2 amide bonds. The molecule has 0 fully saturated rings. The number of sulfonamides is 1. The molecule has 0 radical (unpaired) electrons. The molecule has 0 heterocycles. The topological polar surface area (TPSA) is 105 Å². The third-order valence-corrected chi connectivity index (χ3v) is 8.26. The zero-order chi connectivity index (χ0) is 30.4. The summed E-state index contributed by atoms with van der Waals surface area (Å²) in [5.74, 6) is 0.201. The fraction of sp³-hybridized carbons (Fsp3) is 0.333. The molecule has 41 heavy (non-hydrogen) atoms. The van der Waals surface area contributed by atoms with Gasteiger partial charge in [-0.3, -0.25) is 13.9 Å². The highest BCUT2D eigenvalue weighted by molar-refractivity contribution is 7.92. The van der Waals surface area contributed by atoms with Crippen LogP contribution in [0.25, 0.3) is 0 Å². The molecule has 0 saturated heterocycles. The van der Waals surface area contributed by atoms with Crippen molar-refractivity contribution in [3.8, 4) is 11.5 Å². The van der Waals surface area contributed by atoms with E-state index in [9.17, 15) is 18.0 Å². The maximum absolute atomic E-state index is 14.0. The Hall–Kier alpha value is -3.76. The number of hydrogen-bond acceptors (Lipinski definition) is 6. The molecule has 0 spiro atoms. The van der Waals surface area contributed by atoms with E-state index < -0.39 is 34.1 Å². The van der Waals surface area contributed by atoms with Crippen molar-refractivity contribution in [3.63, 3.8) is 0 Å². The van der Waals surface area contributed by atoms with Crippen molar-refractivity contribution in [2.24, 2.45) is 0 Å². The molecule has 0 aliphatic heterocycles. The van der Waals surface area contributed by atoms with Crippen molar-refractivity contribution in [2.45, 2.75) is 50.7 Å². The van der Waals surface area contributed by atoms with Crippen LogP contribution in [0, 0.1) is 0 Å². The Morgan fingerprint density at radius 3 is 1.88 bits per heavy atom.